The quantitative estimate of drug-likeness (QED) is 0.371. The summed E-state index contributed by atoms with van der Waals surface area (Å²) in [5.41, 5.74) is 1.51. The molecule has 0 saturated heterocycles. The van der Waals surface area contributed by atoms with E-state index in [9.17, 15) is 18.0 Å². The van der Waals surface area contributed by atoms with Crippen LogP contribution in [0.5, 0.6) is 0 Å². The average Bonchev–Trinajstić information content (AvgIpc) is 3.23. The molecule has 4 heterocycles. The molecule has 7 nitrogen and oxygen atoms in total. The van der Waals surface area contributed by atoms with Crippen molar-refractivity contribution in [1.82, 2.24) is 30.0 Å². The highest BCUT2D eigenvalue weighted by atomic mass is 19.4. The van der Waals surface area contributed by atoms with Crippen LogP contribution in [0.2, 0.25) is 0 Å². The van der Waals surface area contributed by atoms with Gasteiger partial charge in [-0.05, 0) is 48.9 Å². The number of carbonyl (C=O) groups is 1. The summed E-state index contributed by atoms with van der Waals surface area (Å²) in [5, 5.41) is 7.60. The molecule has 1 amide bonds. The molecule has 10 heteroatoms. The Morgan fingerprint density at radius 2 is 1.75 bits per heavy atom. The number of benzene rings is 1. The number of carbonyl (C=O) groups excluding carboxylic acids is 1. The number of nitrogens with zero attached hydrogens (tertiary/aromatic N) is 5. The van der Waals surface area contributed by atoms with Crippen molar-refractivity contribution in [2.24, 2.45) is 0 Å². The molecule has 0 aliphatic heterocycles. The predicted octanol–water partition coefficient (Wildman–Crippen LogP) is 5.13. The molecule has 1 aromatic carbocycles. The van der Waals surface area contributed by atoms with Crippen molar-refractivity contribution in [3.63, 3.8) is 0 Å². The second-order valence-corrected chi connectivity index (χ2v) is 8.05. The summed E-state index contributed by atoms with van der Waals surface area (Å²) >= 11 is 0. The second-order valence-electron chi connectivity index (χ2n) is 8.05. The fourth-order valence-corrected chi connectivity index (χ4v) is 3.98. The molecule has 0 aliphatic rings. The third-order valence-corrected chi connectivity index (χ3v) is 5.63. The Hall–Kier alpha value is -4.60. The number of hydrogen-bond donors (Lipinski definition) is 1. The normalized spacial score (nSPS) is 11.6. The van der Waals surface area contributed by atoms with Crippen molar-refractivity contribution >= 4 is 16.9 Å². The Morgan fingerprint density at radius 1 is 1.00 bits per heavy atom. The van der Waals surface area contributed by atoms with Crippen molar-refractivity contribution in [2.45, 2.75) is 19.6 Å². The van der Waals surface area contributed by atoms with Crippen LogP contribution in [0.4, 0.5) is 13.2 Å². The summed E-state index contributed by atoms with van der Waals surface area (Å²) in [4.78, 5) is 26.1. The number of nitrogens with one attached hydrogen (secondary N) is 1. The van der Waals surface area contributed by atoms with Gasteiger partial charge in [-0.15, -0.1) is 0 Å². The molecule has 36 heavy (non-hydrogen) atoms. The van der Waals surface area contributed by atoms with Gasteiger partial charge >= 0.3 is 6.18 Å². The van der Waals surface area contributed by atoms with Gasteiger partial charge in [0.25, 0.3) is 5.91 Å². The van der Waals surface area contributed by atoms with Gasteiger partial charge in [-0.25, -0.2) is 9.67 Å². The summed E-state index contributed by atoms with van der Waals surface area (Å²) in [6.45, 7) is 1.86. The van der Waals surface area contributed by atoms with Crippen LogP contribution in [-0.2, 0) is 12.7 Å². The molecule has 4 aromatic heterocycles. The molecular formula is C26H19F3N6O. The maximum atomic E-state index is 13.8. The maximum absolute atomic E-state index is 13.8. The Kier molecular flexibility index (Phi) is 5.93. The molecule has 0 saturated carbocycles. The molecule has 0 unspecified atom stereocenters. The Morgan fingerprint density at radius 3 is 2.44 bits per heavy atom. The smallest absolute Gasteiger partial charge is 0.348 e. The highest BCUT2D eigenvalue weighted by Gasteiger charge is 2.35. The summed E-state index contributed by atoms with van der Waals surface area (Å²) in [5.74, 6) is -0.414. The first kappa shape index (κ1) is 23.2. The third-order valence-electron chi connectivity index (χ3n) is 5.63. The topological polar surface area (TPSA) is 85.6 Å². The predicted molar refractivity (Wildman–Crippen MR) is 127 cm³/mol. The number of pyridine rings is 3. The summed E-state index contributed by atoms with van der Waals surface area (Å²) in [6.07, 6.45) is 1.84. The second kappa shape index (κ2) is 9.21. The lowest BCUT2D eigenvalue weighted by atomic mass is 10.1. The van der Waals surface area contributed by atoms with Crippen molar-refractivity contribution in [3.8, 4) is 16.9 Å². The minimum atomic E-state index is -4.60. The van der Waals surface area contributed by atoms with E-state index in [2.05, 4.69) is 25.4 Å². The molecule has 180 valence electrons. The van der Waals surface area contributed by atoms with Gasteiger partial charge in [0.15, 0.2) is 5.65 Å². The summed E-state index contributed by atoms with van der Waals surface area (Å²) in [6, 6.07) is 13.8. The number of alkyl halides is 3. The van der Waals surface area contributed by atoms with E-state index in [1.165, 1.54) is 18.2 Å². The first-order valence-corrected chi connectivity index (χ1v) is 11.0. The van der Waals surface area contributed by atoms with Gasteiger partial charge in [0.05, 0.1) is 33.6 Å². The lowest BCUT2D eigenvalue weighted by molar-refractivity contribution is -0.137. The monoisotopic (exact) mass is 488 g/mol. The number of aryl methyl sites for hydroxylation is 1. The van der Waals surface area contributed by atoms with Gasteiger partial charge in [0.2, 0.25) is 0 Å². The first-order chi connectivity index (χ1) is 17.3. The van der Waals surface area contributed by atoms with E-state index in [1.807, 2.05) is 6.07 Å². The van der Waals surface area contributed by atoms with Crippen LogP contribution in [0.3, 0.4) is 0 Å². The van der Waals surface area contributed by atoms with E-state index < -0.39 is 17.6 Å². The van der Waals surface area contributed by atoms with E-state index in [0.29, 0.717) is 22.3 Å². The van der Waals surface area contributed by atoms with Crippen molar-refractivity contribution in [3.05, 3.63) is 102 Å². The Labute approximate surface area is 203 Å². The van der Waals surface area contributed by atoms with Crippen molar-refractivity contribution in [1.29, 1.82) is 0 Å². The van der Waals surface area contributed by atoms with Crippen LogP contribution < -0.4 is 5.32 Å². The number of aromatic nitrogens is 5. The van der Waals surface area contributed by atoms with Crippen LogP contribution in [0, 0.1) is 6.92 Å². The van der Waals surface area contributed by atoms with Crippen LogP contribution in [0.25, 0.3) is 28.0 Å². The van der Waals surface area contributed by atoms with Gasteiger partial charge in [0.1, 0.15) is 0 Å². The minimum absolute atomic E-state index is 0.136. The summed E-state index contributed by atoms with van der Waals surface area (Å²) < 4.78 is 42.6. The number of fused-ring (bicyclic) bond motifs is 1. The summed E-state index contributed by atoms with van der Waals surface area (Å²) in [7, 11) is 0. The molecule has 0 atom stereocenters. The molecule has 0 fully saturated rings. The van der Waals surface area contributed by atoms with Crippen molar-refractivity contribution in [2.75, 3.05) is 0 Å². The first-order valence-electron chi connectivity index (χ1n) is 11.0. The molecular weight excluding hydrogens is 469 g/mol. The SMILES string of the molecule is Cc1nn(-c2ccccc2C(F)(F)F)c2nc(-c3cccnc3)cc(C(=O)NCc3cccnc3)c12. The molecule has 5 rings (SSSR count). The highest BCUT2D eigenvalue weighted by Crippen LogP contribution is 2.36. The van der Waals surface area contributed by atoms with Crippen LogP contribution >= 0.6 is 0 Å². The molecule has 0 radical (unpaired) electrons. The number of halogens is 3. The van der Waals surface area contributed by atoms with Gasteiger partial charge in [0, 0.05) is 36.9 Å². The number of amides is 1. The van der Waals surface area contributed by atoms with Crippen LogP contribution in [0.15, 0.2) is 79.4 Å². The lowest BCUT2D eigenvalue weighted by Crippen LogP contribution is -2.23. The average molecular weight is 488 g/mol. The zero-order chi connectivity index (χ0) is 25.3. The van der Waals surface area contributed by atoms with E-state index in [0.717, 1.165) is 16.3 Å². The molecule has 0 aliphatic carbocycles. The van der Waals surface area contributed by atoms with Gasteiger partial charge in [-0.3, -0.25) is 14.8 Å². The van der Waals surface area contributed by atoms with E-state index >= 15 is 0 Å². The van der Waals surface area contributed by atoms with Gasteiger partial charge in [-0.2, -0.15) is 18.3 Å². The maximum Gasteiger partial charge on any atom is 0.418 e. The fraction of sp³-hybridized carbons (Fsp3) is 0.115. The van der Waals surface area contributed by atoms with E-state index in [1.54, 1.807) is 56.0 Å². The minimum Gasteiger partial charge on any atom is -0.348 e. The Bertz CT molecular complexity index is 1550. The standard InChI is InChI=1S/C26H19F3N6O/c1-16-23-19(25(36)32-14-17-6-4-10-30-13-17)12-21(18-7-5-11-31-15-18)33-24(23)35(34-16)22-9-3-2-8-20(22)26(27,28)29/h2-13,15H,14H2,1H3,(H,32,36). The van der Waals surface area contributed by atoms with E-state index in [4.69, 9.17) is 0 Å². The third kappa shape index (κ3) is 4.40. The van der Waals surface area contributed by atoms with Crippen LogP contribution in [0.1, 0.15) is 27.2 Å². The molecule has 1 N–H and O–H groups in total. The molecule has 0 bridgehead atoms. The number of rotatable bonds is 5. The van der Waals surface area contributed by atoms with E-state index in [-0.39, 0.29) is 23.4 Å². The lowest BCUT2D eigenvalue weighted by Gasteiger charge is -2.14. The van der Waals surface area contributed by atoms with Gasteiger partial charge in [-0.1, -0.05) is 18.2 Å². The molecule has 0 spiro atoms. The Balaban J connectivity index is 1.70. The van der Waals surface area contributed by atoms with Crippen LogP contribution in [-0.4, -0.2) is 30.6 Å². The number of hydrogen-bond acceptors (Lipinski definition) is 5. The zero-order valence-electron chi connectivity index (χ0n) is 19.0. The highest BCUT2D eigenvalue weighted by molar-refractivity contribution is 6.07. The fourth-order valence-electron chi connectivity index (χ4n) is 3.98. The van der Waals surface area contributed by atoms with Gasteiger partial charge < -0.3 is 5.32 Å². The number of para-hydroxylation sites is 1. The zero-order valence-corrected chi connectivity index (χ0v) is 19.0. The van der Waals surface area contributed by atoms with Crippen molar-refractivity contribution < 1.29 is 18.0 Å². The largest absolute Gasteiger partial charge is 0.418 e. The molecule has 5 aromatic rings.